The van der Waals surface area contributed by atoms with Gasteiger partial charge in [0, 0.05) is 6.42 Å². The quantitative estimate of drug-likeness (QED) is 0.330. The van der Waals surface area contributed by atoms with Gasteiger partial charge in [-0.05, 0) is 25.7 Å². The van der Waals surface area contributed by atoms with E-state index in [0.29, 0.717) is 0 Å². The maximum absolute atomic E-state index is 5.26. The van der Waals surface area contributed by atoms with Gasteiger partial charge in [0.05, 0.1) is 8.07 Å². The molecule has 0 bridgehead atoms. The summed E-state index contributed by atoms with van der Waals surface area (Å²) in [5.74, 6) is 2.72. The Morgan fingerprint density at radius 3 is 2.40 bits per heavy atom. The standard InChI is InChI=1S/C14H26Si/c1-6-8-10-11-13-14(12-9-7-2)15(3,4)5/h1,12H,7-11,13H2,2-5H3/b14-12+. The van der Waals surface area contributed by atoms with Crippen molar-refractivity contribution in [2.75, 3.05) is 0 Å². The van der Waals surface area contributed by atoms with Crippen LogP contribution in [0.15, 0.2) is 11.3 Å². The molecular weight excluding hydrogens is 196 g/mol. The highest BCUT2D eigenvalue weighted by molar-refractivity contribution is 6.83. The van der Waals surface area contributed by atoms with Crippen LogP contribution < -0.4 is 0 Å². The monoisotopic (exact) mass is 222 g/mol. The molecule has 0 radical (unpaired) electrons. The minimum absolute atomic E-state index is 0.937. The number of allylic oxidation sites excluding steroid dienone is 2. The van der Waals surface area contributed by atoms with Gasteiger partial charge in [-0.1, -0.05) is 44.3 Å². The van der Waals surface area contributed by atoms with E-state index in [1.165, 1.54) is 32.1 Å². The van der Waals surface area contributed by atoms with Crippen molar-refractivity contribution >= 4 is 8.07 Å². The highest BCUT2D eigenvalue weighted by Crippen LogP contribution is 2.21. The molecule has 0 spiro atoms. The van der Waals surface area contributed by atoms with E-state index in [0.717, 1.165) is 6.42 Å². The summed E-state index contributed by atoms with van der Waals surface area (Å²) >= 11 is 0. The first kappa shape index (κ1) is 14.5. The molecule has 0 saturated heterocycles. The molecule has 1 heteroatoms. The molecule has 0 aliphatic carbocycles. The first-order chi connectivity index (χ1) is 7.02. The second-order valence-corrected chi connectivity index (χ2v) is 10.3. The predicted molar refractivity (Wildman–Crippen MR) is 73.6 cm³/mol. The third kappa shape index (κ3) is 7.45. The molecule has 0 aliphatic rings. The van der Waals surface area contributed by atoms with Crippen molar-refractivity contribution in [2.24, 2.45) is 0 Å². The van der Waals surface area contributed by atoms with Gasteiger partial charge in [0.2, 0.25) is 0 Å². The van der Waals surface area contributed by atoms with Gasteiger partial charge in [-0.25, -0.2) is 0 Å². The molecule has 0 unspecified atom stereocenters. The molecule has 0 aliphatic heterocycles. The lowest BCUT2D eigenvalue weighted by Crippen LogP contribution is -2.24. The van der Waals surface area contributed by atoms with Crippen molar-refractivity contribution < 1.29 is 0 Å². The van der Waals surface area contributed by atoms with E-state index in [9.17, 15) is 0 Å². The van der Waals surface area contributed by atoms with Crippen LogP contribution >= 0.6 is 0 Å². The molecule has 0 aromatic rings. The number of unbranched alkanes of at least 4 members (excludes halogenated alkanes) is 3. The lowest BCUT2D eigenvalue weighted by atomic mass is 10.2. The zero-order chi connectivity index (χ0) is 11.7. The Hall–Kier alpha value is -0.483. The van der Waals surface area contributed by atoms with Crippen molar-refractivity contribution in [1.82, 2.24) is 0 Å². The normalized spacial score (nSPS) is 12.6. The van der Waals surface area contributed by atoms with Crippen LogP contribution in [0.1, 0.15) is 45.4 Å². The number of hydrogen-bond acceptors (Lipinski definition) is 0. The summed E-state index contributed by atoms with van der Waals surface area (Å²) in [7, 11) is -1.07. The third-order valence-electron chi connectivity index (χ3n) is 2.66. The van der Waals surface area contributed by atoms with E-state index in [1.54, 1.807) is 5.20 Å². The molecule has 0 rings (SSSR count). The summed E-state index contributed by atoms with van der Waals surface area (Å²) in [4.78, 5) is 0. The average Bonchev–Trinajstić information content (AvgIpc) is 2.15. The molecule has 0 amide bonds. The van der Waals surface area contributed by atoms with Crippen LogP contribution in [0.5, 0.6) is 0 Å². The Kier molecular flexibility index (Phi) is 7.51. The van der Waals surface area contributed by atoms with E-state index in [-0.39, 0.29) is 0 Å². The molecular formula is C14H26Si. The maximum Gasteiger partial charge on any atom is 0.0720 e. The van der Waals surface area contributed by atoms with Crippen LogP contribution in [0.25, 0.3) is 0 Å². The Bertz CT molecular complexity index is 225. The van der Waals surface area contributed by atoms with Crippen LogP contribution in [-0.4, -0.2) is 8.07 Å². The molecule has 0 fully saturated rings. The van der Waals surface area contributed by atoms with Gasteiger partial charge in [-0.15, -0.1) is 12.3 Å². The molecule has 0 aromatic heterocycles. The van der Waals surface area contributed by atoms with E-state index < -0.39 is 8.07 Å². The number of hydrogen-bond donors (Lipinski definition) is 0. The second kappa shape index (κ2) is 7.76. The Morgan fingerprint density at radius 1 is 1.27 bits per heavy atom. The molecule has 86 valence electrons. The third-order valence-corrected chi connectivity index (χ3v) is 5.04. The van der Waals surface area contributed by atoms with Crippen molar-refractivity contribution in [3.63, 3.8) is 0 Å². The molecule has 0 atom stereocenters. The number of rotatable bonds is 7. The van der Waals surface area contributed by atoms with Crippen molar-refractivity contribution in [2.45, 2.75) is 65.1 Å². The van der Waals surface area contributed by atoms with Crippen LogP contribution in [0.2, 0.25) is 19.6 Å². The fourth-order valence-corrected chi connectivity index (χ4v) is 3.33. The highest BCUT2D eigenvalue weighted by Gasteiger charge is 2.18. The molecule has 15 heavy (non-hydrogen) atoms. The van der Waals surface area contributed by atoms with Crippen molar-refractivity contribution in [3.8, 4) is 12.3 Å². The summed E-state index contributed by atoms with van der Waals surface area (Å²) in [5, 5.41) is 1.74. The van der Waals surface area contributed by atoms with E-state index in [4.69, 9.17) is 6.42 Å². The van der Waals surface area contributed by atoms with E-state index >= 15 is 0 Å². The molecule has 0 aromatic carbocycles. The predicted octanol–water partition coefficient (Wildman–Crippen LogP) is 4.78. The lowest BCUT2D eigenvalue weighted by Gasteiger charge is -2.21. The van der Waals surface area contributed by atoms with E-state index in [2.05, 4.69) is 38.6 Å². The van der Waals surface area contributed by atoms with Gasteiger partial charge in [-0.3, -0.25) is 0 Å². The maximum atomic E-state index is 5.26. The van der Waals surface area contributed by atoms with Crippen LogP contribution in [0.3, 0.4) is 0 Å². The Balaban J connectivity index is 4.10. The van der Waals surface area contributed by atoms with Gasteiger partial charge < -0.3 is 0 Å². The summed E-state index contributed by atoms with van der Waals surface area (Å²) in [6.45, 7) is 9.57. The minimum Gasteiger partial charge on any atom is -0.120 e. The summed E-state index contributed by atoms with van der Waals surface area (Å²) in [6, 6.07) is 0. The van der Waals surface area contributed by atoms with Gasteiger partial charge >= 0.3 is 0 Å². The summed E-state index contributed by atoms with van der Waals surface area (Å²) in [6.07, 6.45) is 14.9. The number of terminal acetylenes is 1. The molecule has 0 heterocycles. The molecule has 0 nitrogen and oxygen atoms in total. The van der Waals surface area contributed by atoms with Crippen LogP contribution in [-0.2, 0) is 0 Å². The van der Waals surface area contributed by atoms with E-state index in [1.807, 2.05) is 0 Å². The fraction of sp³-hybridized carbons (Fsp3) is 0.714. The van der Waals surface area contributed by atoms with Crippen molar-refractivity contribution in [3.05, 3.63) is 11.3 Å². The minimum atomic E-state index is -1.07. The van der Waals surface area contributed by atoms with Crippen molar-refractivity contribution in [1.29, 1.82) is 0 Å². The van der Waals surface area contributed by atoms with Gasteiger partial charge in [0.15, 0.2) is 0 Å². The summed E-state index contributed by atoms with van der Waals surface area (Å²) < 4.78 is 0. The second-order valence-electron chi connectivity index (χ2n) is 5.18. The zero-order valence-electron chi connectivity index (χ0n) is 10.9. The summed E-state index contributed by atoms with van der Waals surface area (Å²) in [5.41, 5.74) is 0. The Morgan fingerprint density at radius 2 is 1.93 bits per heavy atom. The lowest BCUT2D eigenvalue weighted by molar-refractivity contribution is 0.759. The van der Waals surface area contributed by atoms with Crippen LogP contribution in [0, 0.1) is 12.3 Å². The molecule has 0 N–H and O–H groups in total. The smallest absolute Gasteiger partial charge is 0.0720 e. The SMILES string of the molecule is C#CCCCC/C(=C\CCC)[Si](C)(C)C. The Labute approximate surface area is 97.2 Å². The van der Waals surface area contributed by atoms with Gasteiger partial charge in [-0.2, -0.15) is 0 Å². The highest BCUT2D eigenvalue weighted by atomic mass is 28.3. The first-order valence-electron chi connectivity index (χ1n) is 6.15. The zero-order valence-corrected chi connectivity index (χ0v) is 11.9. The van der Waals surface area contributed by atoms with Gasteiger partial charge in [0.25, 0.3) is 0 Å². The van der Waals surface area contributed by atoms with Crippen LogP contribution in [0.4, 0.5) is 0 Å². The first-order valence-corrected chi connectivity index (χ1v) is 9.65. The van der Waals surface area contributed by atoms with Gasteiger partial charge in [0.1, 0.15) is 0 Å². The topological polar surface area (TPSA) is 0 Å². The largest absolute Gasteiger partial charge is 0.120 e. The average molecular weight is 222 g/mol. The molecule has 0 saturated carbocycles. The fourth-order valence-electron chi connectivity index (χ4n) is 1.64.